The molecule has 1 aromatic rings. The highest BCUT2D eigenvalue weighted by atomic mass is 19.1. The van der Waals surface area contributed by atoms with Crippen LogP contribution in [0, 0.1) is 0 Å². The van der Waals surface area contributed by atoms with E-state index in [0.717, 1.165) is 0 Å². The molecule has 0 fully saturated rings. The third-order valence-corrected chi connectivity index (χ3v) is 1.66. The number of carboxylic acids is 1. The van der Waals surface area contributed by atoms with Crippen LogP contribution in [0.25, 0.3) is 0 Å². The van der Waals surface area contributed by atoms with Crippen molar-refractivity contribution in [2.75, 3.05) is 6.61 Å². The molecular formula is C10H11FO4. The number of halogens is 1. The average molecular weight is 214 g/mol. The van der Waals surface area contributed by atoms with Gasteiger partial charge in [0, 0.05) is 0 Å². The molecule has 0 aliphatic heterocycles. The molecule has 0 saturated carbocycles. The first-order valence-electron chi connectivity index (χ1n) is 4.35. The van der Waals surface area contributed by atoms with Gasteiger partial charge in [0.25, 0.3) is 0 Å². The number of carboxylic acid groups (broad SMARTS) is 1. The first-order valence-corrected chi connectivity index (χ1v) is 4.35. The number of hydrogen-bond donors (Lipinski definition) is 2. The Morgan fingerprint density at radius 3 is 2.53 bits per heavy atom. The summed E-state index contributed by atoms with van der Waals surface area (Å²) in [6.45, 7) is -0.308. The monoisotopic (exact) mass is 214 g/mol. The molecule has 1 unspecified atom stereocenters. The van der Waals surface area contributed by atoms with Crippen molar-refractivity contribution >= 4 is 5.97 Å². The smallest absolute Gasteiger partial charge is 0.306 e. The van der Waals surface area contributed by atoms with E-state index < -0.39 is 18.6 Å². The molecule has 4 nitrogen and oxygen atoms in total. The van der Waals surface area contributed by atoms with Crippen LogP contribution in [0.2, 0.25) is 0 Å². The molecule has 0 bridgehead atoms. The van der Waals surface area contributed by atoms with E-state index in [0.29, 0.717) is 5.75 Å². The lowest BCUT2D eigenvalue weighted by Gasteiger charge is -2.08. The number of aromatic hydroxyl groups is 1. The second kappa shape index (κ2) is 5.19. The number of aliphatic carboxylic acids is 1. The summed E-state index contributed by atoms with van der Waals surface area (Å²) in [6, 6.07) is 5.76. The lowest BCUT2D eigenvalue weighted by atomic mass is 10.3. The Labute approximate surface area is 85.9 Å². The fourth-order valence-electron chi connectivity index (χ4n) is 0.977. The number of phenols is 1. The van der Waals surface area contributed by atoms with E-state index in [9.17, 15) is 9.18 Å². The predicted molar refractivity (Wildman–Crippen MR) is 50.8 cm³/mol. The molecule has 0 spiro atoms. The molecule has 1 atom stereocenters. The first-order chi connectivity index (χ1) is 7.08. The van der Waals surface area contributed by atoms with Gasteiger partial charge >= 0.3 is 5.97 Å². The summed E-state index contributed by atoms with van der Waals surface area (Å²) in [4.78, 5) is 10.1. The van der Waals surface area contributed by atoms with Gasteiger partial charge in [-0.2, -0.15) is 0 Å². The summed E-state index contributed by atoms with van der Waals surface area (Å²) in [5, 5.41) is 17.2. The number of hydrogen-bond acceptors (Lipinski definition) is 3. The van der Waals surface area contributed by atoms with Crippen LogP contribution in [-0.4, -0.2) is 29.0 Å². The summed E-state index contributed by atoms with van der Waals surface area (Å²) in [5.74, 6) is -0.720. The Hall–Kier alpha value is -1.78. The maximum absolute atomic E-state index is 12.9. The second-order valence-electron chi connectivity index (χ2n) is 3.00. The van der Waals surface area contributed by atoms with Crippen molar-refractivity contribution < 1.29 is 24.1 Å². The zero-order chi connectivity index (χ0) is 11.3. The van der Waals surface area contributed by atoms with Crippen LogP contribution in [0.5, 0.6) is 11.5 Å². The minimum Gasteiger partial charge on any atom is -0.508 e. The molecule has 2 N–H and O–H groups in total. The Balaban J connectivity index is 2.36. The van der Waals surface area contributed by atoms with Gasteiger partial charge in [0.05, 0.1) is 6.42 Å². The molecule has 15 heavy (non-hydrogen) atoms. The summed E-state index contributed by atoms with van der Waals surface area (Å²) < 4.78 is 17.8. The summed E-state index contributed by atoms with van der Waals surface area (Å²) in [6.07, 6.45) is -2.10. The van der Waals surface area contributed by atoms with Crippen molar-refractivity contribution in [3.05, 3.63) is 24.3 Å². The standard InChI is InChI=1S/C10H11FO4/c11-7(5-10(13)14)6-15-9-3-1-8(12)2-4-9/h1-4,7,12H,5-6H2,(H,13,14). The van der Waals surface area contributed by atoms with Crippen LogP contribution in [0.4, 0.5) is 4.39 Å². The number of ether oxygens (including phenoxy) is 1. The number of rotatable bonds is 5. The predicted octanol–water partition coefficient (Wildman–Crippen LogP) is 1.58. The normalized spacial score (nSPS) is 12.1. The summed E-state index contributed by atoms with van der Waals surface area (Å²) >= 11 is 0. The van der Waals surface area contributed by atoms with Crippen molar-refractivity contribution in [3.63, 3.8) is 0 Å². The first kappa shape index (κ1) is 11.3. The fraction of sp³-hybridized carbons (Fsp3) is 0.300. The fourth-order valence-corrected chi connectivity index (χ4v) is 0.977. The Morgan fingerprint density at radius 1 is 1.40 bits per heavy atom. The van der Waals surface area contributed by atoms with Gasteiger partial charge in [-0.3, -0.25) is 4.79 Å². The largest absolute Gasteiger partial charge is 0.508 e. The minimum absolute atomic E-state index is 0.0877. The quantitative estimate of drug-likeness (QED) is 0.780. The van der Waals surface area contributed by atoms with Crippen molar-refractivity contribution in [1.29, 1.82) is 0 Å². The highest BCUT2D eigenvalue weighted by Crippen LogP contribution is 2.16. The second-order valence-corrected chi connectivity index (χ2v) is 3.00. The van der Waals surface area contributed by atoms with Crippen molar-refractivity contribution in [2.24, 2.45) is 0 Å². The maximum atomic E-state index is 12.9. The van der Waals surface area contributed by atoms with Crippen molar-refractivity contribution in [3.8, 4) is 11.5 Å². The molecule has 0 aliphatic carbocycles. The van der Waals surface area contributed by atoms with Crippen LogP contribution in [0.3, 0.4) is 0 Å². The Kier molecular flexibility index (Phi) is 3.91. The van der Waals surface area contributed by atoms with E-state index in [2.05, 4.69) is 0 Å². The molecule has 1 rings (SSSR count). The molecule has 5 heteroatoms. The molecular weight excluding hydrogens is 203 g/mol. The zero-order valence-corrected chi connectivity index (χ0v) is 7.89. The van der Waals surface area contributed by atoms with E-state index in [1.54, 1.807) is 0 Å². The van der Waals surface area contributed by atoms with E-state index in [1.807, 2.05) is 0 Å². The molecule has 1 aromatic carbocycles. The Morgan fingerprint density at radius 2 is 2.00 bits per heavy atom. The summed E-state index contributed by atoms with van der Waals surface area (Å²) in [5.41, 5.74) is 0. The van der Waals surface area contributed by atoms with Gasteiger partial charge in [-0.15, -0.1) is 0 Å². The van der Waals surface area contributed by atoms with Crippen molar-refractivity contribution in [1.82, 2.24) is 0 Å². The SMILES string of the molecule is O=C(O)CC(F)COc1ccc(O)cc1. The molecule has 82 valence electrons. The van der Waals surface area contributed by atoms with Gasteiger partial charge < -0.3 is 14.9 Å². The van der Waals surface area contributed by atoms with Crippen LogP contribution in [0.1, 0.15) is 6.42 Å². The molecule has 0 aromatic heterocycles. The van der Waals surface area contributed by atoms with Crippen LogP contribution < -0.4 is 4.74 Å². The lowest BCUT2D eigenvalue weighted by Crippen LogP contribution is -2.16. The van der Waals surface area contributed by atoms with Gasteiger partial charge in [0.1, 0.15) is 24.3 Å². The average Bonchev–Trinajstić information content (AvgIpc) is 2.16. The third kappa shape index (κ3) is 4.30. The zero-order valence-electron chi connectivity index (χ0n) is 7.89. The molecule has 0 amide bonds. The van der Waals surface area contributed by atoms with E-state index in [-0.39, 0.29) is 12.4 Å². The third-order valence-electron chi connectivity index (χ3n) is 1.66. The number of benzene rings is 1. The van der Waals surface area contributed by atoms with Crippen LogP contribution in [-0.2, 0) is 4.79 Å². The number of alkyl halides is 1. The van der Waals surface area contributed by atoms with E-state index in [4.69, 9.17) is 14.9 Å². The maximum Gasteiger partial charge on any atom is 0.306 e. The van der Waals surface area contributed by atoms with E-state index >= 15 is 0 Å². The van der Waals surface area contributed by atoms with Crippen LogP contribution >= 0.6 is 0 Å². The van der Waals surface area contributed by atoms with Gasteiger partial charge in [-0.1, -0.05) is 0 Å². The highest BCUT2D eigenvalue weighted by Gasteiger charge is 2.12. The molecule has 0 heterocycles. The molecule has 0 saturated heterocycles. The minimum atomic E-state index is -1.53. The van der Waals surface area contributed by atoms with E-state index in [1.165, 1.54) is 24.3 Å². The highest BCUT2D eigenvalue weighted by molar-refractivity contribution is 5.67. The van der Waals surface area contributed by atoms with Gasteiger partial charge in [-0.05, 0) is 24.3 Å². The summed E-state index contributed by atoms with van der Waals surface area (Å²) in [7, 11) is 0. The van der Waals surface area contributed by atoms with Crippen LogP contribution in [0.15, 0.2) is 24.3 Å². The molecule has 0 radical (unpaired) electrons. The number of phenolic OH excluding ortho intramolecular Hbond substituents is 1. The Bertz CT molecular complexity index is 323. The van der Waals surface area contributed by atoms with Gasteiger partial charge in [0.15, 0.2) is 0 Å². The van der Waals surface area contributed by atoms with Gasteiger partial charge in [-0.25, -0.2) is 4.39 Å². The van der Waals surface area contributed by atoms with Crippen molar-refractivity contribution in [2.45, 2.75) is 12.6 Å². The molecule has 0 aliphatic rings. The lowest BCUT2D eigenvalue weighted by molar-refractivity contribution is -0.138. The number of carbonyl (C=O) groups is 1. The topological polar surface area (TPSA) is 66.8 Å². The van der Waals surface area contributed by atoms with Gasteiger partial charge in [0.2, 0.25) is 0 Å².